The molecule has 0 aromatic carbocycles. The van der Waals surface area contributed by atoms with E-state index in [4.69, 9.17) is 10.8 Å². The van der Waals surface area contributed by atoms with E-state index in [1.54, 1.807) is 4.90 Å². The maximum Gasteiger partial charge on any atom is 0.242 e. The molecule has 1 saturated carbocycles. The summed E-state index contributed by atoms with van der Waals surface area (Å²) in [6, 6.07) is 0. The number of amides is 1. The Hall–Kier alpha value is -0.610. The number of hydrogen-bond donors (Lipinski definition) is 2. The molecule has 0 radical (unpaired) electrons. The van der Waals surface area contributed by atoms with Crippen molar-refractivity contribution in [2.45, 2.75) is 25.3 Å². The Balaban J connectivity index is 1.89. The molecule has 2 rings (SSSR count). The van der Waals surface area contributed by atoms with Gasteiger partial charge in [0.05, 0.1) is 5.54 Å². The van der Waals surface area contributed by atoms with Crippen LogP contribution in [0.15, 0.2) is 0 Å². The minimum atomic E-state index is -0.666. The van der Waals surface area contributed by atoms with E-state index >= 15 is 0 Å². The zero-order valence-electron chi connectivity index (χ0n) is 8.57. The standard InChI is InChI=1S/C10H18N2O2/c1-10(11,8-2-3-8)9(14)12-4-7(5-12)6-13/h7-8,13H,2-6,11H2,1H3. The number of aliphatic hydroxyl groups is 1. The van der Waals surface area contributed by atoms with Crippen LogP contribution in [0, 0.1) is 11.8 Å². The molecule has 1 heterocycles. The Labute approximate surface area is 84.1 Å². The predicted molar refractivity (Wildman–Crippen MR) is 52.5 cm³/mol. The van der Waals surface area contributed by atoms with Gasteiger partial charge in [-0.2, -0.15) is 0 Å². The van der Waals surface area contributed by atoms with Crippen LogP contribution in [-0.2, 0) is 4.79 Å². The first-order chi connectivity index (χ1) is 6.55. The van der Waals surface area contributed by atoms with Crippen molar-refractivity contribution in [2.75, 3.05) is 19.7 Å². The highest BCUT2D eigenvalue weighted by atomic mass is 16.3. The number of nitrogens with two attached hydrogens (primary N) is 1. The quantitative estimate of drug-likeness (QED) is 0.646. The van der Waals surface area contributed by atoms with Crippen molar-refractivity contribution < 1.29 is 9.90 Å². The van der Waals surface area contributed by atoms with Crippen LogP contribution in [-0.4, -0.2) is 41.1 Å². The number of rotatable bonds is 3. The van der Waals surface area contributed by atoms with E-state index < -0.39 is 5.54 Å². The maximum absolute atomic E-state index is 11.9. The molecule has 1 saturated heterocycles. The molecule has 2 aliphatic rings. The summed E-state index contributed by atoms with van der Waals surface area (Å²) >= 11 is 0. The van der Waals surface area contributed by atoms with Crippen LogP contribution in [0.1, 0.15) is 19.8 Å². The molecule has 4 heteroatoms. The molecule has 0 aromatic heterocycles. The van der Waals surface area contributed by atoms with Gasteiger partial charge in [-0.3, -0.25) is 4.79 Å². The Bertz CT molecular complexity index is 243. The summed E-state index contributed by atoms with van der Waals surface area (Å²) < 4.78 is 0. The largest absolute Gasteiger partial charge is 0.396 e. The number of carbonyl (C=O) groups is 1. The number of nitrogens with zero attached hydrogens (tertiary/aromatic N) is 1. The minimum absolute atomic E-state index is 0.0599. The number of likely N-dealkylation sites (tertiary alicyclic amines) is 1. The fraction of sp³-hybridized carbons (Fsp3) is 0.900. The summed E-state index contributed by atoms with van der Waals surface area (Å²) in [6.07, 6.45) is 2.16. The second kappa shape index (κ2) is 3.21. The molecule has 1 atom stereocenters. The van der Waals surface area contributed by atoms with Crippen LogP contribution in [0.3, 0.4) is 0 Å². The van der Waals surface area contributed by atoms with E-state index in [0.717, 1.165) is 12.8 Å². The first kappa shape index (κ1) is 9.93. The zero-order chi connectivity index (χ0) is 10.3. The van der Waals surface area contributed by atoms with Crippen LogP contribution in [0.5, 0.6) is 0 Å². The lowest BCUT2D eigenvalue weighted by Crippen LogP contribution is -2.61. The lowest BCUT2D eigenvalue weighted by atomic mass is 9.91. The molecule has 1 aliphatic heterocycles. The first-order valence-corrected chi connectivity index (χ1v) is 5.25. The first-order valence-electron chi connectivity index (χ1n) is 5.25. The Kier molecular flexibility index (Phi) is 2.27. The normalized spacial score (nSPS) is 26.9. The fourth-order valence-electron chi connectivity index (χ4n) is 2.05. The summed E-state index contributed by atoms with van der Waals surface area (Å²) in [5.74, 6) is 0.710. The highest BCUT2D eigenvalue weighted by molar-refractivity contribution is 5.87. The van der Waals surface area contributed by atoms with Gasteiger partial charge in [0.15, 0.2) is 0 Å². The molecule has 1 amide bonds. The van der Waals surface area contributed by atoms with E-state index in [1.807, 2.05) is 6.92 Å². The van der Waals surface area contributed by atoms with Crippen LogP contribution in [0.2, 0.25) is 0 Å². The highest BCUT2D eigenvalue weighted by Crippen LogP contribution is 2.39. The van der Waals surface area contributed by atoms with E-state index in [9.17, 15) is 4.79 Å². The third-order valence-electron chi connectivity index (χ3n) is 3.39. The average molecular weight is 198 g/mol. The van der Waals surface area contributed by atoms with Crippen molar-refractivity contribution in [3.05, 3.63) is 0 Å². The van der Waals surface area contributed by atoms with Crippen molar-refractivity contribution in [1.82, 2.24) is 4.90 Å². The molecule has 0 aromatic rings. The van der Waals surface area contributed by atoms with E-state index in [1.165, 1.54) is 0 Å². The fourth-order valence-corrected chi connectivity index (χ4v) is 2.05. The van der Waals surface area contributed by atoms with Crippen LogP contribution in [0.4, 0.5) is 0 Å². The third kappa shape index (κ3) is 1.53. The molecule has 1 unspecified atom stereocenters. The summed E-state index contributed by atoms with van der Waals surface area (Å²) in [4.78, 5) is 13.7. The Morgan fingerprint density at radius 1 is 1.57 bits per heavy atom. The van der Waals surface area contributed by atoms with Gasteiger partial charge in [-0.05, 0) is 25.7 Å². The van der Waals surface area contributed by atoms with Crippen molar-refractivity contribution in [3.63, 3.8) is 0 Å². The molecule has 2 fully saturated rings. The SMILES string of the molecule is CC(N)(C(=O)N1CC(CO)C1)C1CC1. The number of carbonyl (C=O) groups excluding carboxylic acids is 1. The van der Waals surface area contributed by atoms with Crippen LogP contribution < -0.4 is 5.73 Å². The van der Waals surface area contributed by atoms with Crippen molar-refractivity contribution in [1.29, 1.82) is 0 Å². The summed E-state index contributed by atoms with van der Waals surface area (Å²) in [7, 11) is 0. The van der Waals surface area contributed by atoms with Gasteiger partial charge in [-0.25, -0.2) is 0 Å². The second-order valence-corrected chi connectivity index (χ2v) is 4.82. The third-order valence-corrected chi connectivity index (χ3v) is 3.39. The Morgan fingerprint density at radius 2 is 2.14 bits per heavy atom. The molecule has 0 spiro atoms. The van der Waals surface area contributed by atoms with E-state index in [-0.39, 0.29) is 18.4 Å². The molecule has 4 nitrogen and oxygen atoms in total. The van der Waals surface area contributed by atoms with Gasteiger partial charge >= 0.3 is 0 Å². The van der Waals surface area contributed by atoms with Crippen molar-refractivity contribution in [3.8, 4) is 0 Å². The van der Waals surface area contributed by atoms with Crippen molar-refractivity contribution in [2.24, 2.45) is 17.6 Å². The lowest BCUT2D eigenvalue weighted by Gasteiger charge is -2.42. The van der Waals surface area contributed by atoms with Gasteiger partial charge < -0.3 is 15.7 Å². The summed E-state index contributed by atoms with van der Waals surface area (Å²) in [5, 5.41) is 8.84. The number of aliphatic hydroxyl groups excluding tert-OH is 1. The van der Waals surface area contributed by atoms with Crippen molar-refractivity contribution >= 4 is 5.91 Å². The maximum atomic E-state index is 11.9. The molecule has 80 valence electrons. The van der Waals surface area contributed by atoms with E-state index in [0.29, 0.717) is 19.0 Å². The van der Waals surface area contributed by atoms with Gasteiger partial charge in [0, 0.05) is 25.6 Å². The topological polar surface area (TPSA) is 66.6 Å². The molecule has 1 aliphatic carbocycles. The van der Waals surface area contributed by atoms with Crippen LogP contribution in [0.25, 0.3) is 0 Å². The Morgan fingerprint density at radius 3 is 2.57 bits per heavy atom. The van der Waals surface area contributed by atoms with Gasteiger partial charge in [-0.15, -0.1) is 0 Å². The van der Waals surface area contributed by atoms with Gasteiger partial charge in [0.2, 0.25) is 5.91 Å². The molecular weight excluding hydrogens is 180 g/mol. The van der Waals surface area contributed by atoms with Gasteiger partial charge in [0.25, 0.3) is 0 Å². The summed E-state index contributed by atoms with van der Waals surface area (Å²) in [5.41, 5.74) is 5.34. The average Bonchev–Trinajstić information content (AvgIpc) is 2.83. The summed E-state index contributed by atoms with van der Waals surface area (Å²) in [6.45, 7) is 3.36. The lowest BCUT2D eigenvalue weighted by molar-refractivity contribution is -0.144. The highest BCUT2D eigenvalue weighted by Gasteiger charge is 2.47. The zero-order valence-corrected chi connectivity index (χ0v) is 8.57. The van der Waals surface area contributed by atoms with Gasteiger partial charge in [0.1, 0.15) is 0 Å². The molecular formula is C10H18N2O2. The van der Waals surface area contributed by atoms with Crippen LogP contribution >= 0.6 is 0 Å². The molecule has 3 N–H and O–H groups in total. The van der Waals surface area contributed by atoms with Gasteiger partial charge in [-0.1, -0.05) is 0 Å². The second-order valence-electron chi connectivity index (χ2n) is 4.82. The number of hydrogen-bond acceptors (Lipinski definition) is 3. The van der Waals surface area contributed by atoms with E-state index in [2.05, 4.69) is 0 Å². The smallest absolute Gasteiger partial charge is 0.242 e. The predicted octanol–water partition coefficient (Wildman–Crippen LogP) is -0.435. The molecule has 0 bridgehead atoms. The minimum Gasteiger partial charge on any atom is -0.396 e. The molecule has 14 heavy (non-hydrogen) atoms. The monoisotopic (exact) mass is 198 g/mol.